The van der Waals surface area contributed by atoms with Crippen molar-refractivity contribution in [2.24, 2.45) is 0 Å². The average molecular weight is 472 g/mol. The van der Waals surface area contributed by atoms with Gasteiger partial charge in [0.1, 0.15) is 16.5 Å². The summed E-state index contributed by atoms with van der Waals surface area (Å²) < 4.78 is 0. The minimum atomic E-state index is -0.0247. The maximum Gasteiger partial charge on any atom is 0.259 e. The van der Waals surface area contributed by atoms with E-state index in [4.69, 9.17) is 0 Å². The summed E-state index contributed by atoms with van der Waals surface area (Å²) in [5.41, 5.74) is 2.16. The standard InChI is InChI=1S/C23H29N5O2S2/c1-3-28(4-2)19-9-8-15(12-24-19)13-25-20(29)10-11-31-14-18-26-22(30)21-16-6-5-7-17(16)32-23(21)27-18/h8-9,12H,3-7,10-11,13-14H2,1-2H3,(H,25,29)(H,26,27,30). The summed E-state index contributed by atoms with van der Waals surface area (Å²) in [5.74, 6) is 2.92. The smallest absolute Gasteiger partial charge is 0.259 e. The number of nitrogens with one attached hydrogen (secondary N) is 2. The second kappa shape index (κ2) is 10.5. The van der Waals surface area contributed by atoms with Crippen molar-refractivity contribution in [2.45, 2.75) is 51.8 Å². The van der Waals surface area contributed by atoms with Crippen LogP contribution >= 0.6 is 23.1 Å². The topological polar surface area (TPSA) is 91.0 Å². The van der Waals surface area contributed by atoms with Crippen LogP contribution in [0.4, 0.5) is 5.82 Å². The molecule has 0 saturated heterocycles. The molecule has 170 valence electrons. The highest BCUT2D eigenvalue weighted by Gasteiger charge is 2.21. The highest BCUT2D eigenvalue weighted by Crippen LogP contribution is 2.34. The second-order valence-corrected chi connectivity index (χ2v) is 10.0. The van der Waals surface area contributed by atoms with E-state index in [1.54, 1.807) is 23.1 Å². The summed E-state index contributed by atoms with van der Waals surface area (Å²) in [5, 5.41) is 3.74. The van der Waals surface area contributed by atoms with Gasteiger partial charge in [0.15, 0.2) is 0 Å². The van der Waals surface area contributed by atoms with Crippen molar-refractivity contribution < 1.29 is 4.79 Å². The zero-order valence-electron chi connectivity index (χ0n) is 18.6. The van der Waals surface area contributed by atoms with E-state index in [1.165, 1.54) is 10.4 Å². The van der Waals surface area contributed by atoms with Gasteiger partial charge in [-0.15, -0.1) is 11.3 Å². The number of thioether (sulfide) groups is 1. The van der Waals surface area contributed by atoms with Crippen molar-refractivity contribution in [2.75, 3.05) is 23.7 Å². The first-order valence-corrected chi connectivity index (χ1v) is 13.1. The predicted octanol–water partition coefficient (Wildman–Crippen LogP) is 3.65. The van der Waals surface area contributed by atoms with Crippen LogP contribution in [0.1, 0.15) is 48.5 Å². The molecule has 0 spiro atoms. The number of fused-ring (bicyclic) bond motifs is 3. The third kappa shape index (κ3) is 5.15. The van der Waals surface area contributed by atoms with E-state index in [-0.39, 0.29) is 11.5 Å². The first-order chi connectivity index (χ1) is 15.6. The lowest BCUT2D eigenvalue weighted by Gasteiger charge is -2.19. The fourth-order valence-corrected chi connectivity index (χ4v) is 6.08. The summed E-state index contributed by atoms with van der Waals surface area (Å²) in [6.07, 6.45) is 5.43. The molecule has 7 nitrogen and oxygen atoms in total. The maximum absolute atomic E-state index is 12.5. The van der Waals surface area contributed by atoms with E-state index in [2.05, 4.69) is 39.0 Å². The Morgan fingerprint density at radius 2 is 2.12 bits per heavy atom. The number of hydrogen-bond donors (Lipinski definition) is 2. The number of aryl methyl sites for hydroxylation is 2. The van der Waals surface area contributed by atoms with Gasteiger partial charge >= 0.3 is 0 Å². The summed E-state index contributed by atoms with van der Waals surface area (Å²) in [4.78, 5) is 41.1. The maximum atomic E-state index is 12.5. The van der Waals surface area contributed by atoms with Gasteiger partial charge in [-0.3, -0.25) is 9.59 Å². The molecule has 0 atom stereocenters. The number of amides is 1. The zero-order valence-corrected chi connectivity index (χ0v) is 20.2. The van der Waals surface area contributed by atoms with E-state index >= 15 is 0 Å². The Hall–Kier alpha value is -2.39. The highest BCUT2D eigenvalue weighted by molar-refractivity contribution is 7.98. The largest absolute Gasteiger partial charge is 0.357 e. The molecule has 0 radical (unpaired) electrons. The number of aromatic amines is 1. The summed E-state index contributed by atoms with van der Waals surface area (Å²) in [6, 6.07) is 4.01. The minimum absolute atomic E-state index is 0.0110. The van der Waals surface area contributed by atoms with Gasteiger partial charge in [-0.05, 0) is 50.3 Å². The van der Waals surface area contributed by atoms with Crippen LogP contribution in [-0.2, 0) is 29.9 Å². The van der Waals surface area contributed by atoms with Gasteiger partial charge in [0.25, 0.3) is 5.56 Å². The van der Waals surface area contributed by atoms with Gasteiger partial charge in [0.05, 0.1) is 11.1 Å². The molecule has 2 N–H and O–H groups in total. The first-order valence-electron chi connectivity index (χ1n) is 11.2. The number of thiophene rings is 1. The van der Waals surface area contributed by atoms with Crippen molar-refractivity contribution in [1.29, 1.82) is 0 Å². The SMILES string of the molecule is CCN(CC)c1ccc(CNC(=O)CCSCc2nc3sc4c(c3c(=O)[nH]2)CCC4)cn1. The van der Waals surface area contributed by atoms with Gasteiger partial charge in [0, 0.05) is 42.9 Å². The van der Waals surface area contributed by atoms with Gasteiger partial charge in [-0.25, -0.2) is 9.97 Å². The Balaban J connectivity index is 1.21. The van der Waals surface area contributed by atoms with E-state index in [0.29, 0.717) is 30.3 Å². The number of H-pyrrole nitrogens is 1. The van der Waals surface area contributed by atoms with Crippen LogP contribution in [0.3, 0.4) is 0 Å². The van der Waals surface area contributed by atoms with Crippen LogP contribution < -0.4 is 15.8 Å². The molecule has 1 amide bonds. The van der Waals surface area contributed by atoms with Crippen LogP contribution in [0.25, 0.3) is 10.2 Å². The zero-order chi connectivity index (χ0) is 22.5. The highest BCUT2D eigenvalue weighted by atomic mass is 32.2. The average Bonchev–Trinajstić information content (AvgIpc) is 3.38. The molecule has 0 aromatic carbocycles. The van der Waals surface area contributed by atoms with E-state index in [1.807, 2.05) is 18.3 Å². The van der Waals surface area contributed by atoms with E-state index in [0.717, 1.165) is 53.9 Å². The van der Waals surface area contributed by atoms with Crippen molar-refractivity contribution in [3.05, 3.63) is 50.5 Å². The summed E-state index contributed by atoms with van der Waals surface area (Å²) in [6.45, 7) is 6.53. The van der Waals surface area contributed by atoms with E-state index in [9.17, 15) is 9.59 Å². The Kier molecular flexibility index (Phi) is 7.47. The molecule has 0 aliphatic heterocycles. The molecule has 0 fully saturated rings. The molecule has 3 heterocycles. The summed E-state index contributed by atoms with van der Waals surface area (Å²) >= 11 is 3.26. The Bertz CT molecular complexity index is 1140. The first kappa shape index (κ1) is 22.8. The van der Waals surface area contributed by atoms with Crippen LogP contribution in [0, 0.1) is 0 Å². The molecule has 1 aliphatic rings. The normalized spacial score (nSPS) is 12.8. The lowest BCUT2D eigenvalue weighted by Crippen LogP contribution is -2.24. The van der Waals surface area contributed by atoms with Crippen molar-refractivity contribution in [1.82, 2.24) is 20.3 Å². The van der Waals surface area contributed by atoms with Crippen LogP contribution in [0.15, 0.2) is 23.1 Å². The number of carbonyl (C=O) groups is 1. The van der Waals surface area contributed by atoms with Gasteiger partial charge in [-0.1, -0.05) is 6.07 Å². The quantitative estimate of drug-likeness (QED) is 0.439. The fraction of sp³-hybridized carbons (Fsp3) is 0.478. The number of nitrogens with zero attached hydrogens (tertiary/aromatic N) is 3. The number of carbonyl (C=O) groups excluding carboxylic acids is 1. The molecular formula is C23H29N5O2S2. The molecule has 0 unspecified atom stereocenters. The Morgan fingerprint density at radius 3 is 2.88 bits per heavy atom. The molecule has 0 saturated carbocycles. The van der Waals surface area contributed by atoms with Crippen LogP contribution in [0.5, 0.6) is 0 Å². The molecule has 0 bridgehead atoms. The molecule has 4 rings (SSSR count). The number of anilines is 1. The lowest BCUT2D eigenvalue weighted by molar-refractivity contribution is -0.120. The van der Waals surface area contributed by atoms with Gasteiger partial charge in [-0.2, -0.15) is 11.8 Å². The third-order valence-electron chi connectivity index (χ3n) is 5.72. The molecule has 9 heteroatoms. The minimum Gasteiger partial charge on any atom is -0.357 e. The molecule has 3 aromatic heterocycles. The molecule has 32 heavy (non-hydrogen) atoms. The van der Waals surface area contributed by atoms with Crippen molar-refractivity contribution >= 4 is 45.0 Å². The van der Waals surface area contributed by atoms with Crippen molar-refractivity contribution in [3.8, 4) is 0 Å². The number of hydrogen-bond acceptors (Lipinski definition) is 7. The Morgan fingerprint density at radius 1 is 1.28 bits per heavy atom. The van der Waals surface area contributed by atoms with Gasteiger partial charge in [0.2, 0.25) is 5.91 Å². The number of aromatic nitrogens is 3. The number of pyridine rings is 1. The molecule has 1 aliphatic carbocycles. The summed E-state index contributed by atoms with van der Waals surface area (Å²) in [7, 11) is 0. The van der Waals surface area contributed by atoms with Crippen LogP contribution in [0.2, 0.25) is 0 Å². The number of rotatable bonds is 10. The van der Waals surface area contributed by atoms with Crippen molar-refractivity contribution in [3.63, 3.8) is 0 Å². The van der Waals surface area contributed by atoms with Crippen LogP contribution in [-0.4, -0.2) is 39.7 Å². The fourth-order valence-electron chi connectivity index (χ4n) is 3.99. The lowest BCUT2D eigenvalue weighted by atomic mass is 10.2. The molecule has 3 aromatic rings. The monoisotopic (exact) mass is 471 g/mol. The van der Waals surface area contributed by atoms with Gasteiger partial charge < -0.3 is 15.2 Å². The Labute approximate surface area is 196 Å². The second-order valence-electron chi connectivity index (χ2n) is 7.83. The molecular weight excluding hydrogens is 442 g/mol. The van der Waals surface area contributed by atoms with E-state index < -0.39 is 0 Å². The predicted molar refractivity (Wildman–Crippen MR) is 133 cm³/mol. The third-order valence-corrected chi connectivity index (χ3v) is 7.88.